The summed E-state index contributed by atoms with van der Waals surface area (Å²) in [6, 6.07) is 4.93. The molecule has 1 N–H and O–H groups in total. The van der Waals surface area contributed by atoms with Crippen LogP contribution in [0.1, 0.15) is 31.9 Å². The summed E-state index contributed by atoms with van der Waals surface area (Å²) in [7, 11) is 0. The average Bonchev–Trinajstić information content (AvgIpc) is 2.16. The number of hydrogen-bond acceptors (Lipinski definition) is 1. The van der Waals surface area contributed by atoms with Crippen LogP contribution in [0.25, 0.3) is 0 Å². The first-order valence-electron chi connectivity index (χ1n) is 5.51. The van der Waals surface area contributed by atoms with Crippen LogP contribution in [-0.2, 0) is 12.6 Å². The third-order valence-electron chi connectivity index (χ3n) is 3.09. The third kappa shape index (κ3) is 3.73. The van der Waals surface area contributed by atoms with E-state index in [-0.39, 0.29) is 5.92 Å². The molecule has 0 radical (unpaired) electrons. The Morgan fingerprint density at radius 3 is 1.94 bits per heavy atom. The summed E-state index contributed by atoms with van der Waals surface area (Å²) in [5.41, 5.74) is -0.859. The first-order chi connectivity index (χ1) is 7.63. The van der Waals surface area contributed by atoms with E-state index in [1.165, 1.54) is 12.1 Å². The molecule has 0 aliphatic heterocycles. The fraction of sp³-hybridized carbons (Fsp3) is 0.538. The molecule has 1 aromatic carbocycles. The monoisotopic (exact) mass is 246 g/mol. The van der Waals surface area contributed by atoms with E-state index in [2.05, 4.69) is 0 Å². The predicted molar refractivity (Wildman–Crippen MR) is 60.6 cm³/mol. The Labute approximate surface area is 99.3 Å². The van der Waals surface area contributed by atoms with Gasteiger partial charge in [0.05, 0.1) is 11.2 Å². The molecule has 0 aliphatic carbocycles. The maximum Gasteiger partial charge on any atom is 0.416 e. The van der Waals surface area contributed by atoms with Gasteiger partial charge in [0.15, 0.2) is 0 Å². The van der Waals surface area contributed by atoms with Crippen molar-refractivity contribution in [1.82, 2.24) is 0 Å². The normalized spacial score (nSPS) is 16.0. The lowest BCUT2D eigenvalue weighted by Gasteiger charge is -2.27. The molecule has 1 nitrogen and oxygen atoms in total. The summed E-state index contributed by atoms with van der Waals surface area (Å²) in [6.07, 6.45) is -3.96. The quantitative estimate of drug-likeness (QED) is 0.863. The van der Waals surface area contributed by atoms with Crippen LogP contribution in [0.5, 0.6) is 0 Å². The van der Waals surface area contributed by atoms with Crippen molar-refractivity contribution in [3.05, 3.63) is 35.4 Å². The van der Waals surface area contributed by atoms with E-state index in [0.717, 1.165) is 12.1 Å². The van der Waals surface area contributed by atoms with Gasteiger partial charge in [0.2, 0.25) is 0 Å². The molecule has 0 heterocycles. The molecule has 1 atom stereocenters. The van der Waals surface area contributed by atoms with Crippen molar-refractivity contribution in [3.63, 3.8) is 0 Å². The Morgan fingerprint density at radius 1 is 1.12 bits per heavy atom. The van der Waals surface area contributed by atoms with Gasteiger partial charge in [-0.05, 0) is 30.5 Å². The molecular weight excluding hydrogens is 229 g/mol. The molecule has 1 rings (SSSR count). The van der Waals surface area contributed by atoms with Crippen LogP contribution < -0.4 is 0 Å². The summed E-state index contributed by atoms with van der Waals surface area (Å²) in [5.74, 6) is 0.0461. The lowest BCUT2D eigenvalue weighted by molar-refractivity contribution is -0.137. The van der Waals surface area contributed by atoms with Gasteiger partial charge in [-0.3, -0.25) is 0 Å². The number of alkyl halides is 3. The van der Waals surface area contributed by atoms with E-state index in [4.69, 9.17) is 0 Å². The molecule has 4 heteroatoms. The number of halogens is 3. The summed E-state index contributed by atoms with van der Waals surface area (Å²) >= 11 is 0. The second-order valence-electron chi connectivity index (χ2n) is 4.88. The highest BCUT2D eigenvalue weighted by atomic mass is 19.4. The van der Waals surface area contributed by atoms with Crippen LogP contribution in [-0.4, -0.2) is 10.7 Å². The molecule has 1 unspecified atom stereocenters. The highest BCUT2D eigenvalue weighted by Gasteiger charge is 2.30. The second-order valence-corrected chi connectivity index (χ2v) is 4.88. The number of aliphatic hydroxyl groups is 1. The smallest absolute Gasteiger partial charge is 0.390 e. The SMILES string of the molecule is CC(C)C(C)(O)Cc1ccc(C(F)(F)F)cc1. The summed E-state index contributed by atoms with van der Waals surface area (Å²) in [4.78, 5) is 0. The van der Waals surface area contributed by atoms with Crippen molar-refractivity contribution in [2.45, 2.75) is 39.0 Å². The fourth-order valence-electron chi connectivity index (χ4n) is 1.43. The van der Waals surface area contributed by atoms with E-state index in [9.17, 15) is 18.3 Å². The Bertz CT molecular complexity index is 363. The van der Waals surface area contributed by atoms with Crippen LogP contribution in [0, 0.1) is 5.92 Å². The highest BCUT2D eigenvalue weighted by Crippen LogP contribution is 2.30. The number of hydrogen-bond donors (Lipinski definition) is 1. The van der Waals surface area contributed by atoms with Gasteiger partial charge >= 0.3 is 6.18 Å². The average molecular weight is 246 g/mol. The van der Waals surface area contributed by atoms with Crippen molar-refractivity contribution in [2.75, 3.05) is 0 Å². The lowest BCUT2D eigenvalue weighted by atomic mass is 9.86. The minimum atomic E-state index is -4.31. The Morgan fingerprint density at radius 2 is 1.59 bits per heavy atom. The van der Waals surface area contributed by atoms with Crippen LogP contribution in [0.4, 0.5) is 13.2 Å². The molecular formula is C13H17F3O. The Balaban J connectivity index is 2.83. The molecule has 0 aromatic heterocycles. The van der Waals surface area contributed by atoms with Crippen LogP contribution >= 0.6 is 0 Å². The van der Waals surface area contributed by atoms with E-state index >= 15 is 0 Å². The number of benzene rings is 1. The largest absolute Gasteiger partial charge is 0.416 e. The topological polar surface area (TPSA) is 20.2 Å². The zero-order valence-electron chi connectivity index (χ0n) is 10.2. The maximum atomic E-state index is 12.3. The lowest BCUT2D eigenvalue weighted by Crippen LogP contribution is -2.33. The minimum Gasteiger partial charge on any atom is -0.390 e. The molecule has 0 fully saturated rings. The molecule has 0 aliphatic rings. The highest BCUT2D eigenvalue weighted by molar-refractivity contribution is 5.25. The van der Waals surface area contributed by atoms with Gasteiger partial charge < -0.3 is 5.11 Å². The summed E-state index contributed by atoms with van der Waals surface area (Å²) in [6.45, 7) is 5.45. The summed E-state index contributed by atoms with van der Waals surface area (Å²) in [5, 5.41) is 10.1. The molecule has 0 saturated heterocycles. The van der Waals surface area contributed by atoms with Gasteiger partial charge in [-0.2, -0.15) is 13.2 Å². The molecule has 0 saturated carbocycles. The van der Waals surface area contributed by atoms with Gasteiger partial charge in [-0.15, -0.1) is 0 Å². The Kier molecular flexibility index (Phi) is 3.87. The van der Waals surface area contributed by atoms with Crippen molar-refractivity contribution < 1.29 is 18.3 Å². The zero-order valence-corrected chi connectivity index (χ0v) is 10.2. The standard InChI is InChI=1S/C13H17F3O/c1-9(2)12(3,17)8-10-4-6-11(7-5-10)13(14,15)16/h4-7,9,17H,8H2,1-3H3. The van der Waals surface area contributed by atoms with Crippen molar-refractivity contribution in [3.8, 4) is 0 Å². The Hall–Kier alpha value is -1.03. The fourth-order valence-corrected chi connectivity index (χ4v) is 1.43. The molecule has 96 valence electrons. The van der Waals surface area contributed by atoms with E-state index in [1.54, 1.807) is 6.92 Å². The van der Waals surface area contributed by atoms with E-state index in [0.29, 0.717) is 12.0 Å². The van der Waals surface area contributed by atoms with Crippen molar-refractivity contribution >= 4 is 0 Å². The second kappa shape index (κ2) is 4.69. The van der Waals surface area contributed by atoms with Crippen LogP contribution in [0.2, 0.25) is 0 Å². The van der Waals surface area contributed by atoms with Crippen molar-refractivity contribution in [1.29, 1.82) is 0 Å². The van der Waals surface area contributed by atoms with Crippen LogP contribution in [0.15, 0.2) is 24.3 Å². The first-order valence-corrected chi connectivity index (χ1v) is 5.51. The third-order valence-corrected chi connectivity index (χ3v) is 3.09. The summed E-state index contributed by atoms with van der Waals surface area (Å²) < 4.78 is 37.0. The number of rotatable bonds is 3. The van der Waals surface area contributed by atoms with E-state index in [1.807, 2.05) is 13.8 Å². The maximum absolute atomic E-state index is 12.3. The van der Waals surface area contributed by atoms with Gasteiger partial charge in [0.25, 0.3) is 0 Å². The van der Waals surface area contributed by atoms with Gasteiger partial charge in [-0.25, -0.2) is 0 Å². The van der Waals surface area contributed by atoms with Gasteiger partial charge in [0, 0.05) is 6.42 Å². The van der Waals surface area contributed by atoms with Crippen molar-refractivity contribution in [2.24, 2.45) is 5.92 Å². The van der Waals surface area contributed by atoms with Gasteiger partial charge in [0.1, 0.15) is 0 Å². The zero-order chi connectivity index (χ0) is 13.3. The van der Waals surface area contributed by atoms with E-state index < -0.39 is 17.3 Å². The predicted octanol–water partition coefficient (Wildman–Crippen LogP) is 3.65. The molecule has 1 aromatic rings. The first kappa shape index (κ1) is 14.0. The molecule has 0 bridgehead atoms. The molecule has 17 heavy (non-hydrogen) atoms. The molecule has 0 spiro atoms. The van der Waals surface area contributed by atoms with Gasteiger partial charge in [-0.1, -0.05) is 26.0 Å². The molecule has 0 amide bonds. The van der Waals surface area contributed by atoms with Crippen LogP contribution in [0.3, 0.4) is 0 Å². The minimum absolute atomic E-state index is 0.0461.